The van der Waals surface area contributed by atoms with Crippen LogP contribution < -0.4 is 0 Å². The van der Waals surface area contributed by atoms with Crippen LogP contribution in [-0.4, -0.2) is 34.6 Å². The monoisotopic (exact) mass is 227 g/mol. The summed E-state index contributed by atoms with van der Waals surface area (Å²) >= 11 is 0. The van der Waals surface area contributed by atoms with E-state index in [4.69, 9.17) is 5.11 Å². The van der Waals surface area contributed by atoms with Crippen molar-refractivity contribution >= 4 is 5.97 Å². The first kappa shape index (κ1) is 13.5. The minimum absolute atomic E-state index is 0.240. The molecule has 1 aliphatic rings. The summed E-state index contributed by atoms with van der Waals surface area (Å²) in [5, 5.41) is 8.92. The normalized spacial score (nSPS) is 18.1. The van der Waals surface area contributed by atoms with E-state index in [0.717, 1.165) is 13.0 Å². The average Bonchev–Trinajstić information content (AvgIpc) is 2.99. The Morgan fingerprint density at radius 2 is 2.06 bits per heavy atom. The first-order valence-electron chi connectivity index (χ1n) is 6.52. The van der Waals surface area contributed by atoms with Gasteiger partial charge < -0.3 is 5.11 Å². The van der Waals surface area contributed by atoms with Gasteiger partial charge in [-0.15, -0.1) is 0 Å². The van der Waals surface area contributed by atoms with E-state index in [2.05, 4.69) is 25.7 Å². The van der Waals surface area contributed by atoms with Crippen LogP contribution in [0.15, 0.2) is 0 Å². The van der Waals surface area contributed by atoms with Crippen molar-refractivity contribution in [3.63, 3.8) is 0 Å². The second-order valence-electron chi connectivity index (χ2n) is 5.31. The third-order valence-corrected chi connectivity index (χ3v) is 3.33. The van der Waals surface area contributed by atoms with Crippen LogP contribution in [0.3, 0.4) is 0 Å². The van der Waals surface area contributed by atoms with E-state index in [0.29, 0.717) is 18.4 Å². The molecule has 16 heavy (non-hydrogen) atoms. The maximum absolute atomic E-state index is 10.8. The second kappa shape index (κ2) is 6.24. The van der Waals surface area contributed by atoms with Gasteiger partial charge in [-0.2, -0.15) is 0 Å². The minimum atomic E-state index is -0.665. The number of nitrogens with zero attached hydrogens (tertiary/aromatic N) is 1. The SMILES string of the molecule is CCC(CC(=O)O)N(CCC(C)C)C1CC1. The number of hydrogen-bond acceptors (Lipinski definition) is 2. The van der Waals surface area contributed by atoms with Gasteiger partial charge in [0.1, 0.15) is 0 Å². The van der Waals surface area contributed by atoms with Gasteiger partial charge in [0.05, 0.1) is 6.42 Å². The first-order chi connectivity index (χ1) is 7.54. The van der Waals surface area contributed by atoms with E-state index in [9.17, 15) is 4.79 Å². The largest absolute Gasteiger partial charge is 0.481 e. The molecule has 0 radical (unpaired) electrons. The van der Waals surface area contributed by atoms with Crippen molar-refractivity contribution < 1.29 is 9.90 Å². The Kier molecular flexibility index (Phi) is 5.26. The topological polar surface area (TPSA) is 40.5 Å². The van der Waals surface area contributed by atoms with Crippen molar-refractivity contribution in [1.29, 1.82) is 0 Å². The van der Waals surface area contributed by atoms with Crippen molar-refractivity contribution in [1.82, 2.24) is 4.90 Å². The van der Waals surface area contributed by atoms with E-state index in [1.165, 1.54) is 19.3 Å². The summed E-state index contributed by atoms with van der Waals surface area (Å²) in [5.41, 5.74) is 0. The minimum Gasteiger partial charge on any atom is -0.481 e. The molecule has 0 saturated heterocycles. The molecule has 0 amide bonds. The fourth-order valence-electron chi connectivity index (χ4n) is 2.17. The molecule has 94 valence electrons. The van der Waals surface area contributed by atoms with Crippen molar-refractivity contribution in [3.05, 3.63) is 0 Å². The molecule has 0 aromatic rings. The van der Waals surface area contributed by atoms with Crippen LogP contribution in [0.1, 0.15) is 52.9 Å². The van der Waals surface area contributed by atoms with Gasteiger partial charge in [-0.25, -0.2) is 0 Å². The summed E-state index contributed by atoms with van der Waals surface area (Å²) in [7, 11) is 0. The van der Waals surface area contributed by atoms with Crippen molar-refractivity contribution in [3.8, 4) is 0 Å². The Morgan fingerprint density at radius 1 is 1.44 bits per heavy atom. The Balaban J connectivity index is 2.48. The molecule has 0 aromatic heterocycles. The van der Waals surface area contributed by atoms with Gasteiger partial charge in [-0.1, -0.05) is 20.8 Å². The summed E-state index contributed by atoms with van der Waals surface area (Å²) < 4.78 is 0. The maximum Gasteiger partial charge on any atom is 0.304 e. The Bertz CT molecular complexity index is 224. The summed E-state index contributed by atoms with van der Waals surface area (Å²) in [6.45, 7) is 7.61. The van der Waals surface area contributed by atoms with Gasteiger partial charge in [0.15, 0.2) is 0 Å². The highest BCUT2D eigenvalue weighted by Crippen LogP contribution is 2.31. The van der Waals surface area contributed by atoms with Gasteiger partial charge in [0.2, 0.25) is 0 Å². The highest BCUT2D eigenvalue weighted by molar-refractivity contribution is 5.67. The molecule has 1 aliphatic carbocycles. The molecule has 3 heteroatoms. The Morgan fingerprint density at radius 3 is 2.44 bits per heavy atom. The summed E-state index contributed by atoms with van der Waals surface area (Å²) in [6, 6.07) is 0.909. The molecule has 0 spiro atoms. The van der Waals surface area contributed by atoms with Crippen molar-refractivity contribution in [2.45, 2.75) is 65.0 Å². The predicted octanol–water partition coefficient (Wildman–Crippen LogP) is 2.75. The average molecular weight is 227 g/mol. The van der Waals surface area contributed by atoms with Gasteiger partial charge in [-0.05, 0) is 38.1 Å². The number of rotatable bonds is 8. The summed E-state index contributed by atoms with van der Waals surface area (Å²) in [5.74, 6) is 0.0330. The molecule has 1 rings (SSSR count). The zero-order valence-electron chi connectivity index (χ0n) is 10.8. The molecule has 1 N–H and O–H groups in total. The number of hydrogen-bond donors (Lipinski definition) is 1. The van der Waals surface area contributed by atoms with Crippen LogP contribution in [0.2, 0.25) is 0 Å². The van der Waals surface area contributed by atoms with Gasteiger partial charge in [0.25, 0.3) is 0 Å². The Hall–Kier alpha value is -0.570. The zero-order chi connectivity index (χ0) is 12.1. The van der Waals surface area contributed by atoms with Crippen LogP contribution in [-0.2, 0) is 4.79 Å². The van der Waals surface area contributed by atoms with Gasteiger partial charge in [-0.3, -0.25) is 9.69 Å². The molecule has 0 heterocycles. The predicted molar refractivity (Wildman–Crippen MR) is 65.5 cm³/mol. The second-order valence-corrected chi connectivity index (χ2v) is 5.31. The molecule has 1 atom stereocenters. The standard InChI is InChI=1S/C13H25NO2/c1-4-11(9-13(15)16)14(12-5-6-12)8-7-10(2)3/h10-12H,4-9H2,1-3H3,(H,15,16). The van der Waals surface area contributed by atoms with Gasteiger partial charge in [0, 0.05) is 12.1 Å². The van der Waals surface area contributed by atoms with Crippen LogP contribution in [0.25, 0.3) is 0 Å². The number of carboxylic acids is 1. The molecule has 3 nitrogen and oxygen atoms in total. The number of aliphatic carboxylic acids is 1. The van der Waals surface area contributed by atoms with E-state index < -0.39 is 5.97 Å². The molecule has 1 fully saturated rings. The number of carboxylic acid groups (broad SMARTS) is 1. The molecule has 0 bridgehead atoms. The van der Waals surface area contributed by atoms with E-state index in [-0.39, 0.29) is 6.04 Å². The van der Waals surface area contributed by atoms with Crippen LogP contribution in [0, 0.1) is 5.92 Å². The lowest BCUT2D eigenvalue weighted by Crippen LogP contribution is -2.39. The lowest BCUT2D eigenvalue weighted by Gasteiger charge is -2.30. The smallest absolute Gasteiger partial charge is 0.304 e. The van der Waals surface area contributed by atoms with Crippen molar-refractivity contribution in [2.75, 3.05) is 6.54 Å². The lowest BCUT2D eigenvalue weighted by atomic mass is 10.1. The van der Waals surface area contributed by atoms with Crippen LogP contribution >= 0.6 is 0 Å². The van der Waals surface area contributed by atoms with Crippen LogP contribution in [0.5, 0.6) is 0 Å². The Labute approximate surface area is 98.8 Å². The molecule has 0 aliphatic heterocycles. The third kappa shape index (κ3) is 4.52. The number of carbonyl (C=O) groups is 1. The molecular formula is C13H25NO2. The molecular weight excluding hydrogens is 202 g/mol. The first-order valence-corrected chi connectivity index (χ1v) is 6.52. The highest BCUT2D eigenvalue weighted by Gasteiger charge is 2.33. The third-order valence-electron chi connectivity index (χ3n) is 3.33. The summed E-state index contributed by atoms with van der Waals surface area (Å²) in [6.07, 6.45) is 4.93. The summed E-state index contributed by atoms with van der Waals surface area (Å²) in [4.78, 5) is 13.3. The molecule has 0 aromatic carbocycles. The lowest BCUT2D eigenvalue weighted by molar-refractivity contribution is -0.138. The zero-order valence-corrected chi connectivity index (χ0v) is 10.8. The maximum atomic E-state index is 10.8. The van der Waals surface area contributed by atoms with Gasteiger partial charge >= 0.3 is 5.97 Å². The molecule has 1 saturated carbocycles. The van der Waals surface area contributed by atoms with Crippen molar-refractivity contribution in [2.24, 2.45) is 5.92 Å². The van der Waals surface area contributed by atoms with E-state index in [1.807, 2.05) is 0 Å². The van der Waals surface area contributed by atoms with E-state index in [1.54, 1.807) is 0 Å². The quantitative estimate of drug-likeness (QED) is 0.693. The fourth-order valence-corrected chi connectivity index (χ4v) is 2.17. The fraction of sp³-hybridized carbons (Fsp3) is 0.923. The molecule has 1 unspecified atom stereocenters. The highest BCUT2D eigenvalue weighted by atomic mass is 16.4. The van der Waals surface area contributed by atoms with E-state index >= 15 is 0 Å². The van der Waals surface area contributed by atoms with Crippen LogP contribution in [0.4, 0.5) is 0 Å².